The van der Waals surface area contributed by atoms with Gasteiger partial charge in [0.05, 0.1) is 31.5 Å². The largest absolute Gasteiger partial charge is 1.00 e. The first-order chi connectivity index (χ1) is 21.6. The molecule has 0 unspecified atom stereocenters. The van der Waals surface area contributed by atoms with Crippen molar-refractivity contribution in [3.8, 4) is 0 Å². The zero-order chi connectivity index (χ0) is 33.4. The van der Waals surface area contributed by atoms with E-state index in [1.807, 2.05) is 50.2 Å². The van der Waals surface area contributed by atoms with E-state index >= 15 is 0 Å². The third kappa shape index (κ3) is 12.1. The van der Waals surface area contributed by atoms with Gasteiger partial charge in [-0.3, -0.25) is 39.6 Å². The fourth-order valence-electron chi connectivity index (χ4n) is 3.83. The number of carbonyl (C=O) groups is 4. The number of alkyl halides is 2. The van der Waals surface area contributed by atoms with Crippen LogP contribution in [0.1, 0.15) is 65.1 Å². The van der Waals surface area contributed by atoms with E-state index in [0.717, 1.165) is 16.0 Å². The van der Waals surface area contributed by atoms with Crippen LogP contribution in [0.3, 0.4) is 0 Å². The predicted molar refractivity (Wildman–Crippen MR) is 175 cm³/mol. The molecule has 0 bridgehead atoms. The van der Waals surface area contributed by atoms with Crippen LogP contribution in [0.25, 0.3) is 6.15 Å². The summed E-state index contributed by atoms with van der Waals surface area (Å²) >= 11 is 3.12. The first-order valence-electron chi connectivity index (χ1n) is 13.7. The Morgan fingerprint density at radius 1 is 0.717 bits per heavy atom. The molecule has 4 aromatic carbocycles. The number of rotatable bonds is 7. The molecule has 0 radical (unpaired) electrons. The van der Waals surface area contributed by atoms with E-state index < -0.39 is 19.0 Å². The average Bonchev–Trinajstić information content (AvgIpc) is 3.30. The Morgan fingerprint density at radius 3 is 1.41 bits per heavy atom. The maximum atomic E-state index is 12.2. The Balaban J connectivity index is 0.000000693. The van der Waals surface area contributed by atoms with Gasteiger partial charge in [-0.15, -0.1) is 12.1 Å². The number of fused-ring (bicyclic) bond motifs is 1. The SMILES string of the molecule is Cc1ccc(C(=O)CBr)cc1.Cc1ccc(C(=O)CN2C(=O)c3ccccc3C2=O)cc1.O=[C-]c1ccccc1[C-]=O.[2H]CF.[K+].[NH2-]. The van der Waals surface area contributed by atoms with Gasteiger partial charge in [-0.1, -0.05) is 87.7 Å². The van der Waals surface area contributed by atoms with Crippen LogP contribution >= 0.6 is 15.9 Å². The molecular weight excluding hydrogens is 682 g/mol. The molecule has 0 aromatic heterocycles. The number of carbonyl (C=O) groups excluding carboxylic acids is 6. The standard InChI is InChI=1S/C17H13NO3.C9H9BrO.C8H4O2.CH3F.K.H2N/c1-11-6-8-12(9-7-11)15(19)10-18-16(20)13-4-2-3-5-14(13)17(18)21;1-7-2-4-8(5-3-7)9(11)6-10;9-5-7-3-1-2-4-8(7)6-10;1-2;;/h2-9H,10H2,1H3;2-5H,6H2,1H3;1-4H;1H3;;1H2/q;;-2;;+1;-1/i;;;1D;;. The third-order valence-corrected chi connectivity index (χ3v) is 6.70. The number of nitrogens with two attached hydrogens (primary N) is 1. The Labute approximate surface area is 320 Å². The minimum atomic E-state index is -1.00. The Hall–Kier alpha value is -3.29. The van der Waals surface area contributed by atoms with Crippen LogP contribution in [0.2, 0.25) is 0 Å². The molecule has 0 aliphatic carbocycles. The van der Waals surface area contributed by atoms with E-state index in [2.05, 4.69) is 15.9 Å². The van der Waals surface area contributed by atoms with Crippen LogP contribution in [-0.4, -0.2) is 59.9 Å². The van der Waals surface area contributed by atoms with Gasteiger partial charge in [-0.2, -0.15) is 0 Å². The monoisotopic (exact) mass is 713 g/mol. The molecule has 0 atom stereocenters. The van der Waals surface area contributed by atoms with Crippen molar-refractivity contribution in [2.45, 2.75) is 13.8 Å². The van der Waals surface area contributed by atoms with Crippen LogP contribution in [0.15, 0.2) is 97.1 Å². The van der Waals surface area contributed by atoms with Crippen LogP contribution in [0, 0.1) is 13.8 Å². The molecule has 0 saturated carbocycles. The Morgan fingerprint density at radius 2 is 1.07 bits per heavy atom. The molecule has 2 N–H and O–H groups in total. The zero-order valence-electron chi connectivity index (χ0n) is 26.6. The van der Waals surface area contributed by atoms with Gasteiger partial charge in [0.25, 0.3) is 11.8 Å². The number of imide groups is 1. The van der Waals surface area contributed by atoms with Gasteiger partial charge < -0.3 is 15.7 Å². The van der Waals surface area contributed by atoms with E-state index in [-0.39, 0.29) is 86.8 Å². The molecule has 234 valence electrons. The van der Waals surface area contributed by atoms with Gasteiger partial charge in [-0.25, -0.2) is 12.1 Å². The summed E-state index contributed by atoms with van der Waals surface area (Å²) in [5.41, 5.74) is 4.74. The number of benzene rings is 4. The van der Waals surface area contributed by atoms with Crippen molar-refractivity contribution in [1.29, 1.82) is 0 Å². The second-order valence-electron chi connectivity index (χ2n) is 9.20. The molecule has 1 aliphatic heterocycles. The summed E-state index contributed by atoms with van der Waals surface area (Å²) < 4.78 is 15.5. The number of Topliss-reactive ketones (excluding diaryl/α,β-unsaturated/α-hetero) is 2. The molecule has 4 aromatic rings. The molecule has 0 spiro atoms. The summed E-state index contributed by atoms with van der Waals surface area (Å²) in [6.45, 7) is 3.70. The molecule has 0 saturated heterocycles. The summed E-state index contributed by atoms with van der Waals surface area (Å²) in [5.74, 6) is -0.929. The van der Waals surface area contributed by atoms with E-state index in [1.165, 1.54) is 17.7 Å². The Bertz CT molecular complexity index is 1590. The number of ketones is 2. The molecule has 0 fully saturated rings. The summed E-state index contributed by atoms with van der Waals surface area (Å²) in [7, 11) is -1.00. The number of hydrogen-bond donors (Lipinski definition) is 0. The minimum absolute atomic E-state index is 0. The summed E-state index contributed by atoms with van der Waals surface area (Å²) in [6, 6.07) is 27.6. The topological polar surface area (TPSA) is 139 Å². The number of amides is 2. The quantitative estimate of drug-likeness (QED) is 0.0935. The predicted octanol–water partition coefficient (Wildman–Crippen LogP) is 3.96. The van der Waals surface area contributed by atoms with E-state index in [9.17, 15) is 33.2 Å². The fourth-order valence-corrected chi connectivity index (χ4v) is 4.16. The van der Waals surface area contributed by atoms with Gasteiger partial charge in [0.15, 0.2) is 11.6 Å². The molecule has 46 heavy (non-hydrogen) atoms. The third-order valence-electron chi connectivity index (χ3n) is 6.20. The minimum Gasteiger partial charge on any atom is -0.693 e. The summed E-state index contributed by atoms with van der Waals surface area (Å²) in [4.78, 5) is 68.8. The van der Waals surface area contributed by atoms with Crippen molar-refractivity contribution in [3.05, 3.63) is 148 Å². The molecule has 11 heteroatoms. The van der Waals surface area contributed by atoms with Crippen molar-refractivity contribution in [2.75, 3.05) is 19.0 Å². The molecule has 8 nitrogen and oxygen atoms in total. The van der Waals surface area contributed by atoms with Crippen molar-refractivity contribution in [2.24, 2.45) is 0 Å². The van der Waals surface area contributed by atoms with Crippen molar-refractivity contribution < 1.29 is 85.9 Å². The molecular formula is C35H31BrFKN2O6-2. The zero-order valence-corrected chi connectivity index (χ0v) is 30.3. The van der Waals surface area contributed by atoms with E-state index in [1.54, 1.807) is 61.1 Å². The van der Waals surface area contributed by atoms with Crippen LogP contribution in [0.5, 0.6) is 0 Å². The van der Waals surface area contributed by atoms with E-state index in [0.29, 0.717) is 22.0 Å². The van der Waals surface area contributed by atoms with Gasteiger partial charge in [0, 0.05) is 11.1 Å². The smallest absolute Gasteiger partial charge is 0.693 e. The van der Waals surface area contributed by atoms with Crippen molar-refractivity contribution in [1.82, 2.24) is 4.90 Å². The number of halogens is 2. The fraction of sp³-hybridized carbons (Fsp3) is 0.143. The molecule has 1 heterocycles. The number of nitrogens with zero attached hydrogens (tertiary/aromatic N) is 1. The molecule has 1 aliphatic rings. The van der Waals surface area contributed by atoms with Gasteiger partial charge in [0.2, 0.25) is 0 Å². The maximum absolute atomic E-state index is 12.2. The summed E-state index contributed by atoms with van der Waals surface area (Å²) in [5, 5.41) is 0.399. The Kier molecular flexibility index (Phi) is 19.7. The number of aryl methyl sites for hydroxylation is 2. The first kappa shape index (κ1) is 40.7. The van der Waals surface area contributed by atoms with Crippen LogP contribution in [-0.2, 0) is 9.59 Å². The van der Waals surface area contributed by atoms with E-state index in [4.69, 9.17) is 1.37 Å². The van der Waals surface area contributed by atoms with Gasteiger partial charge in [-0.05, 0) is 38.6 Å². The van der Waals surface area contributed by atoms with Crippen LogP contribution < -0.4 is 51.4 Å². The molecule has 2 amide bonds. The van der Waals surface area contributed by atoms with Gasteiger partial charge in [0.1, 0.15) is 0 Å². The number of hydrogen-bond acceptors (Lipinski definition) is 6. The average molecular weight is 715 g/mol. The maximum Gasteiger partial charge on any atom is 1.00 e. The van der Waals surface area contributed by atoms with Crippen molar-refractivity contribution in [3.63, 3.8) is 0 Å². The second-order valence-corrected chi connectivity index (χ2v) is 9.76. The first-order valence-corrected chi connectivity index (χ1v) is 14.1. The van der Waals surface area contributed by atoms with Crippen LogP contribution in [0.4, 0.5) is 4.39 Å². The summed E-state index contributed by atoms with van der Waals surface area (Å²) in [6.07, 6.45) is 3.27. The molecule has 5 rings (SSSR count). The normalized spacial score (nSPS) is 10.8. The second kappa shape index (κ2) is 22.3. The van der Waals surface area contributed by atoms with Gasteiger partial charge >= 0.3 is 51.4 Å². The van der Waals surface area contributed by atoms with Crippen molar-refractivity contribution >= 4 is 51.9 Å².